The number of ether oxygens (including phenoxy) is 3. The number of pyridine rings is 1. The predicted octanol–water partition coefficient (Wildman–Crippen LogP) is 4.76. The first-order valence-electron chi connectivity index (χ1n) is 9.15. The van der Waals surface area contributed by atoms with E-state index in [4.69, 9.17) is 24.2 Å². The number of nitrogens with zero attached hydrogens (tertiary/aromatic N) is 3. The van der Waals surface area contributed by atoms with Gasteiger partial charge in [0.05, 0.1) is 5.39 Å². The zero-order valence-electron chi connectivity index (χ0n) is 14.8. The Labute approximate surface area is 164 Å². The van der Waals surface area contributed by atoms with Gasteiger partial charge in [0.1, 0.15) is 10.6 Å². The van der Waals surface area contributed by atoms with Crippen LogP contribution in [-0.2, 0) is 12.8 Å². The zero-order chi connectivity index (χ0) is 18.5. The van der Waals surface area contributed by atoms with Crippen molar-refractivity contribution in [3.63, 3.8) is 0 Å². The van der Waals surface area contributed by atoms with Gasteiger partial charge in [0.25, 0.3) is 0 Å². The number of aromatic nitrogens is 3. The van der Waals surface area contributed by atoms with E-state index in [0.29, 0.717) is 23.2 Å². The SMILES string of the molecule is c1cncc(-c2nc(Oc3ccc4c(c3)OCO4)c3c4c(sc3n2)CCC4)c1. The topological polar surface area (TPSA) is 66.4 Å². The maximum absolute atomic E-state index is 6.26. The van der Waals surface area contributed by atoms with Crippen LogP contribution in [0.5, 0.6) is 23.1 Å². The van der Waals surface area contributed by atoms with Crippen molar-refractivity contribution in [3.8, 4) is 34.5 Å². The van der Waals surface area contributed by atoms with Crippen LogP contribution >= 0.6 is 11.3 Å². The molecule has 0 N–H and O–H groups in total. The number of thiophene rings is 1. The molecule has 138 valence electrons. The predicted molar refractivity (Wildman–Crippen MR) is 105 cm³/mol. The molecule has 0 radical (unpaired) electrons. The summed E-state index contributed by atoms with van der Waals surface area (Å²) in [5.74, 6) is 3.29. The highest BCUT2D eigenvalue weighted by Crippen LogP contribution is 2.43. The van der Waals surface area contributed by atoms with Gasteiger partial charge in [-0.1, -0.05) is 0 Å². The summed E-state index contributed by atoms with van der Waals surface area (Å²) in [5, 5.41) is 1.03. The average Bonchev–Trinajstić information content (AvgIpc) is 3.43. The van der Waals surface area contributed by atoms with E-state index in [9.17, 15) is 0 Å². The third-order valence-electron chi connectivity index (χ3n) is 5.01. The van der Waals surface area contributed by atoms with Gasteiger partial charge in [-0.05, 0) is 49.1 Å². The summed E-state index contributed by atoms with van der Waals surface area (Å²) in [4.78, 5) is 16.1. The smallest absolute Gasteiger partial charge is 0.231 e. The summed E-state index contributed by atoms with van der Waals surface area (Å²) < 4.78 is 17.1. The molecule has 0 amide bonds. The molecule has 1 aromatic carbocycles. The molecule has 0 bridgehead atoms. The van der Waals surface area contributed by atoms with Crippen molar-refractivity contribution in [2.45, 2.75) is 19.3 Å². The van der Waals surface area contributed by atoms with Gasteiger partial charge in [0.2, 0.25) is 12.7 Å². The van der Waals surface area contributed by atoms with E-state index in [2.05, 4.69) is 4.98 Å². The van der Waals surface area contributed by atoms with E-state index in [1.54, 1.807) is 23.7 Å². The summed E-state index contributed by atoms with van der Waals surface area (Å²) in [6, 6.07) is 9.41. The molecule has 6 rings (SSSR count). The van der Waals surface area contributed by atoms with Crippen molar-refractivity contribution in [3.05, 3.63) is 53.2 Å². The third-order valence-corrected chi connectivity index (χ3v) is 6.20. The number of benzene rings is 1. The maximum atomic E-state index is 6.26. The number of fused-ring (bicyclic) bond motifs is 4. The highest BCUT2D eigenvalue weighted by Gasteiger charge is 2.24. The molecule has 4 aromatic rings. The molecular formula is C21H15N3O3S. The minimum absolute atomic E-state index is 0.236. The summed E-state index contributed by atoms with van der Waals surface area (Å²) in [5.41, 5.74) is 2.20. The highest BCUT2D eigenvalue weighted by atomic mass is 32.1. The van der Waals surface area contributed by atoms with Crippen LogP contribution in [0.25, 0.3) is 21.6 Å². The average molecular weight is 389 g/mol. The van der Waals surface area contributed by atoms with Crippen LogP contribution in [0.4, 0.5) is 0 Å². The highest BCUT2D eigenvalue weighted by molar-refractivity contribution is 7.19. The van der Waals surface area contributed by atoms with Gasteiger partial charge in [0.15, 0.2) is 17.3 Å². The molecule has 1 aliphatic heterocycles. The van der Waals surface area contributed by atoms with E-state index in [-0.39, 0.29) is 6.79 Å². The van der Waals surface area contributed by atoms with Crippen molar-refractivity contribution >= 4 is 21.6 Å². The molecule has 0 spiro atoms. The molecule has 0 unspecified atom stereocenters. The van der Waals surface area contributed by atoms with E-state index in [1.165, 1.54) is 16.9 Å². The second-order valence-corrected chi connectivity index (χ2v) is 7.83. The second-order valence-electron chi connectivity index (χ2n) is 6.75. The van der Waals surface area contributed by atoms with Gasteiger partial charge < -0.3 is 14.2 Å². The van der Waals surface area contributed by atoms with Crippen molar-refractivity contribution < 1.29 is 14.2 Å². The standard InChI is InChI=1S/C21H15N3O3S/c1-4-14-17(5-1)28-21-18(14)20(23-19(24-21)12-3-2-8-22-10-12)27-13-6-7-15-16(9-13)26-11-25-15/h2-3,6-10H,1,4-5,11H2. The Kier molecular flexibility index (Phi) is 3.49. The van der Waals surface area contributed by atoms with Crippen molar-refractivity contribution in [2.75, 3.05) is 6.79 Å². The van der Waals surface area contributed by atoms with E-state index in [0.717, 1.165) is 34.4 Å². The summed E-state index contributed by atoms with van der Waals surface area (Å²) in [6.45, 7) is 0.236. The van der Waals surface area contributed by atoms with Gasteiger partial charge in [-0.15, -0.1) is 11.3 Å². The van der Waals surface area contributed by atoms with Crippen LogP contribution in [0.2, 0.25) is 0 Å². The number of aryl methyl sites for hydroxylation is 2. The molecule has 0 fully saturated rings. The van der Waals surface area contributed by atoms with E-state index >= 15 is 0 Å². The largest absolute Gasteiger partial charge is 0.454 e. The first-order chi connectivity index (χ1) is 13.8. The molecule has 6 nitrogen and oxygen atoms in total. The molecule has 1 aliphatic carbocycles. The summed E-state index contributed by atoms with van der Waals surface area (Å²) in [6.07, 6.45) is 6.83. The van der Waals surface area contributed by atoms with Gasteiger partial charge >= 0.3 is 0 Å². The summed E-state index contributed by atoms with van der Waals surface area (Å²) in [7, 11) is 0. The maximum Gasteiger partial charge on any atom is 0.231 e. The first-order valence-corrected chi connectivity index (χ1v) is 9.97. The Hall–Kier alpha value is -3.19. The van der Waals surface area contributed by atoms with Crippen molar-refractivity contribution in [1.29, 1.82) is 0 Å². The van der Waals surface area contributed by atoms with Crippen LogP contribution in [0.3, 0.4) is 0 Å². The molecule has 3 aromatic heterocycles. The normalized spacial score (nSPS) is 14.4. The number of hydrogen-bond acceptors (Lipinski definition) is 7. The molecule has 0 saturated carbocycles. The monoisotopic (exact) mass is 389 g/mol. The molecule has 0 saturated heterocycles. The lowest BCUT2D eigenvalue weighted by Crippen LogP contribution is -1.96. The van der Waals surface area contributed by atoms with Crippen LogP contribution in [0, 0.1) is 0 Å². The van der Waals surface area contributed by atoms with E-state index < -0.39 is 0 Å². The van der Waals surface area contributed by atoms with Crippen LogP contribution in [0.1, 0.15) is 16.9 Å². The second kappa shape index (κ2) is 6.17. The first kappa shape index (κ1) is 15.8. The molecule has 4 heterocycles. The van der Waals surface area contributed by atoms with Crippen LogP contribution in [-0.4, -0.2) is 21.7 Å². The fourth-order valence-corrected chi connectivity index (χ4v) is 4.96. The fraction of sp³-hybridized carbons (Fsp3) is 0.190. The van der Waals surface area contributed by atoms with E-state index in [1.807, 2.05) is 30.3 Å². The zero-order valence-corrected chi connectivity index (χ0v) is 15.7. The lowest BCUT2D eigenvalue weighted by molar-refractivity contribution is 0.174. The Morgan fingerprint density at radius 2 is 2.00 bits per heavy atom. The van der Waals surface area contributed by atoms with Crippen molar-refractivity contribution in [2.24, 2.45) is 0 Å². The minimum atomic E-state index is 0.236. The van der Waals surface area contributed by atoms with Crippen LogP contribution < -0.4 is 14.2 Å². The molecule has 0 atom stereocenters. The number of rotatable bonds is 3. The summed E-state index contributed by atoms with van der Waals surface area (Å²) >= 11 is 1.74. The Morgan fingerprint density at radius 1 is 1.04 bits per heavy atom. The van der Waals surface area contributed by atoms with Crippen LogP contribution in [0.15, 0.2) is 42.7 Å². The molecular weight excluding hydrogens is 374 g/mol. The lowest BCUT2D eigenvalue weighted by atomic mass is 10.2. The van der Waals surface area contributed by atoms with Crippen molar-refractivity contribution in [1.82, 2.24) is 15.0 Å². The number of hydrogen-bond donors (Lipinski definition) is 0. The Morgan fingerprint density at radius 3 is 2.93 bits per heavy atom. The lowest BCUT2D eigenvalue weighted by Gasteiger charge is -2.10. The van der Waals surface area contributed by atoms with Gasteiger partial charge in [0, 0.05) is 28.9 Å². The minimum Gasteiger partial charge on any atom is -0.454 e. The fourth-order valence-electron chi connectivity index (χ4n) is 3.71. The molecule has 7 heteroatoms. The Balaban J connectivity index is 1.51. The molecule has 28 heavy (non-hydrogen) atoms. The van der Waals surface area contributed by atoms with Gasteiger partial charge in [-0.2, -0.15) is 4.98 Å². The third kappa shape index (κ3) is 2.51. The molecule has 2 aliphatic rings. The van der Waals surface area contributed by atoms with Gasteiger partial charge in [-0.3, -0.25) is 4.98 Å². The van der Waals surface area contributed by atoms with Gasteiger partial charge in [-0.25, -0.2) is 4.98 Å². The quantitative estimate of drug-likeness (QED) is 0.503. The Bertz CT molecular complexity index is 1210.